The maximum absolute atomic E-state index is 10.7. The average molecular weight is 171 g/mol. The fourth-order valence-corrected chi connectivity index (χ4v) is 0.641. The summed E-state index contributed by atoms with van der Waals surface area (Å²) in [6.45, 7) is 0.199. The standard InChI is InChI=1S/C6H9N3O3/c1-11-6(10)2-5-8-4(3-7)9-12-5/h2-3,7H2,1H3. The SMILES string of the molecule is COC(=O)Cc1nc(CN)no1. The number of carbonyl (C=O) groups is 1. The van der Waals surface area contributed by atoms with Crippen LogP contribution in [0.1, 0.15) is 11.7 Å². The molecule has 0 amide bonds. The van der Waals surface area contributed by atoms with Crippen LogP contribution in [0.5, 0.6) is 0 Å². The largest absolute Gasteiger partial charge is 0.469 e. The first-order chi connectivity index (χ1) is 5.76. The third-order valence-electron chi connectivity index (χ3n) is 1.22. The Morgan fingerprint density at radius 2 is 2.50 bits per heavy atom. The van der Waals surface area contributed by atoms with Crippen LogP contribution in [0.2, 0.25) is 0 Å². The van der Waals surface area contributed by atoms with Gasteiger partial charge < -0.3 is 15.0 Å². The van der Waals surface area contributed by atoms with Gasteiger partial charge in [-0.2, -0.15) is 4.98 Å². The molecule has 12 heavy (non-hydrogen) atoms. The van der Waals surface area contributed by atoms with Gasteiger partial charge in [0.05, 0.1) is 13.7 Å². The molecule has 1 heterocycles. The normalized spacial score (nSPS) is 9.83. The minimum absolute atomic E-state index is 0.0104. The number of rotatable bonds is 3. The smallest absolute Gasteiger partial charge is 0.315 e. The molecule has 0 radical (unpaired) electrons. The Labute approximate surface area is 68.7 Å². The summed E-state index contributed by atoms with van der Waals surface area (Å²) in [6.07, 6.45) is -0.0104. The van der Waals surface area contributed by atoms with E-state index in [1.165, 1.54) is 7.11 Å². The molecule has 6 nitrogen and oxygen atoms in total. The average Bonchev–Trinajstić information content (AvgIpc) is 2.52. The van der Waals surface area contributed by atoms with Crippen LogP contribution in [-0.2, 0) is 22.5 Å². The maximum atomic E-state index is 10.7. The summed E-state index contributed by atoms with van der Waals surface area (Å²) in [4.78, 5) is 14.5. The molecule has 0 fully saturated rings. The van der Waals surface area contributed by atoms with E-state index in [4.69, 9.17) is 5.73 Å². The third-order valence-corrected chi connectivity index (χ3v) is 1.22. The lowest BCUT2D eigenvalue weighted by Crippen LogP contribution is -2.05. The molecule has 0 saturated heterocycles. The molecule has 0 aliphatic heterocycles. The summed E-state index contributed by atoms with van der Waals surface area (Å²) in [5, 5.41) is 3.50. The van der Waals surface area contributed by atoms with Crippen LogP contribution in [-0.4, -0.2) is 23.2 Å². The molecule has 0 aromatic carbocycles. The van der Waals surface area contributed by atoms with Crippen molar-refractivity contribution in [2.24, 2.45) is 5.73 Å². The minimum Gasteiger partial charge on any atom is -0.469 e. The minimum atomic E-state index is -0.415. The van der Waals surface area contributed by atoms with Crippen molar-refractivity contribution in [3.8, 4) is 0 Å². The lowest BCUT2D eigenvalue weighted by molar-refractivity contribution is -0.140. The molecule has 66 valence electrons. The van der Waals surface area contributed by atoms with E-state index in [0.717, 1.165) is 0 Å². The van der Waals surface area contributed by atoms with Crippen LogP contribution in [0.25, 0.3) is 0 Å². The Morgan fingerprint density at radius 1 is 1.75 bits per heavy atom. The maximum Gasteiger partial charge on any atom is 0.315 e. The number of nitrogens with zero attached hydrogens (tertiary/aromatic N) is 2. The van der Waals surface area contributed by atoms with E-state index in [1.54, 1.807) is 0 Å². The van der Waals surface area contributed by atoms with E-state index < -0.39 is 5.97 Å². The van der Waals surface area contributed by atoms with Gasteiger partial charge in [0, 0.05) is 0 Å². The fraction of sp³-hybridized carbons (Fsp3) is 0.500. The van der Waals surface area contributed by atoms with Gasteiger partial charge in [-0.25, -0.2) is 0 Å². The van der Waals surface area contributed by atoms with Crippen molar-refractivity contribution in [2.75, 3.05) is 7.11 Å². The first-order valence-corrected chi connectivity index (χ1v) is 3.34. The van der Waals surface area contributed by atoms with Gasteiger partial charge in [-0.15, -0.1) is 0 Å². The molecule has 0 spiro atoms. The summed E-state index contributed by atoms with van der Waals surface area (Å²) in [6, 6.07) is 0. The third kappa shape index (κ3) is 2.03. The number of hydrogen-bond donors (Lipinski definition) is 1. The number of esters is 1. The molecule has 0 unspecified atom stereocenters. The first-order valence-electron chi connectivity index (χ1n) is 3.34. The van der Waals surface area contributed by atoms with Crippen LogP contribution < -0.4 is 5.73 Å². The van der Waals surface area contributed by atoms with Crippen molar-refractivity contribution in [1.82, 2.24) is 10.1 Å². The zero-order valence-electron chi connectivity index (χ0n) is 6.61. The number of nitrogens with two attached hydrogens (primary N) is 1. The second-order valence-electron chi connectivity index (χ2n) is 2.06. The zero-order chi connectivity index (χ0) is 8.97. The highest BCUT2D eigenvalue weighted by molar-refractivity contribution is 5.70. The number of methoxy groups -OCH3 is 1. The number of carbonyl (C=O) groups excluding carboxylic acids is 1. The molecule has 0 aliphatic rings. The molecule has 1 aromatic heterocycles. The molecular weight excluding hydrogens is 162 g/mol. The molecule has 0 saturated carbocycles. The number of hydrogen-bond acceptors (Lipinski definition) is 6. The lowest BCUT2D eigenvalue weighted by atomic mass is 10.4. The first kappa shape index (κ1) is 8.66. The Bertz CT molecular complexity index is 271. The molecule has 0 bridgehead atoms. The Balaban J connectivity index is 2.58. The van der Waals surface area contributed by atoms with Gasteiger partial charge in [0.2, 0.25) is 5.89 Å². The summed E-state index contributed by atoms with van der Waals surface area (Å²) in [5.41, 5.74) is 5.23. The summed E-state index contributed by atoms with van der Waals surface area (Å²) in [7, 11) is 1.29. The van der Waals surface area contributed by atoms with Crippen LogP contribution >= 0.6 is 0 Å². The van der Waals surface area contributed by atoms with Gasteiger partial charge in [-0.1, -0.05) is 5.16 Å². The molecule has 0 aliphatic carbocycles. The predicted octanol–water partition coefficient (Wildman–Crippen LogP) is -0.756. The van der Waals surface area contributed by atoms with Gasteiger partial charge in [-0.3, -0.25) is 4.79 Å². The van der Waals surface area contributed by atoms with E-state index in [2.05, 4.69) is 19.4 Å². The second kappa shape index (κ2) is 3.82. The zero-order valence-corrected chi connectivity index (χ0v) is 6.61. The molecule has 2 N–H and O–H groups in total. The Hall–Kier alpha value is -1.43. The second-order valence-corrected chi connectivity index (χ2v) is 2.06. The number of aromatic nitrogens is 2. The fourth-order valence-electron chi connectivity index (χ4n) is 0.641. The van der Waals surface area contributed by atoms with Gasteiger partial charge in [-0.05, 0) is 0 Å². The highest BCUT2D eigenvalue weighted by Gasteiger charge is 2.09. The quantitative estimate of drug-likeness (QED) is 0.601. The van der Waals surface area contributed by atoms with E-state index >= 15 is 0 Å². The molecule has 1 rings (SSSR count). The van der Waals surface area contributed by atoms with E-state index in [-0.39, 0.29) is 18.9 Å². The van der Waals surface area contributed by atoms with Crippen molar-refractivity contribution in [1.29, 1.82) is 0 Å². The topological polar surface area (TPSA) is 91.2 Å². The summed E-state index contributed by atoms with van der Waals surface area (Å²) >= 11 is 0. The van der Waals surface area contributed by atoms with Gasteiger partial charge in [0.15, 0.2) is 5.82 Å². The lowest BCUT2D eigenvalue weighted by Gasteiger charge is -1.91. The van der Waals surface area contributed by atoms with Crippen molar-refractivity contribution < 1.29 is 14.1 Å². The van der Waals surface area contributed by atoms with Gasteiger partial charge >= 0.3 is 5.97 Å². The van der Waals surface area contributed by atoms with E-state index in [9.17, 15) is 4.79 Å². The van der Waals surface area contributed by atoms with Crippen LogP contribution in [0.3, 0.4) is 0 Å². The van der Waals surface area contributed by atoms with Crippen LogP contribution in [0, 0.1) is 0 Å². The van der Waals surface area contributed by atoms with Crippen molar-refractivity contribution >= 4 is 5.97 Å². The van der Waals surface area contributed by atoms with Crippen molar-refractivity contribution in [3.05, 3.63) is 11.7 Å². The Kier molecular flexibility index (Phi) is 2.76. The monoisotopic (exact) mass is 171 g/mol. The molecule has 6 heteroatoms. The highest BCUT2D eigenvalue weighted by atomic mass is 16.5. The van der Waals surface area contributed by atoms with Crippen molar-refractivity contribution in [2.45, 2.75) is 13.0 Å². The van der Waals surface area contributed by atoms with Crippen LogP contribution in [0.15, 0.2) is 4.52 Å². The molecule has 1 aromatic rings. The van der Waals surface area contributed by atoms with E-state index in [0.29, 0.717) is 5.82 Å². The highest BCUT2D eigenvalue weighted by Crippen LogP contribution is 1.98. The Morgan fingerprint density at radius 3 is 3.00 bits per heavy atom. The number of ether oxygens (including phenoxy) is 1. The molecular formula is C6H9N3O3. The summed E-state index contributed by atoms with van der Waals surface area (Å²) in [5.74, 6) is 0.193. The van der Waals surface area contributed by atoms with Gasteiger partial charge in [0.1, 0.15) is 6.42 Å². The summed E-state index contributed by atoms with van der Waals surface area (Å²) < 4.78 is 9.09. The van der Waals surface area contributed by atoms with E-state index in [1.807, 2.05) is 0 Å². The van der Waals surface area contributed by atoms with Gasteiger partial charge in [0.25, 0.3) is 0 Å². The predicted molar refractivity (Wildman–Crippen MR) is 37.9 cm³/mol. The van der Waals surface area contributed by atoms with Crippen LogP contribution in [0.4, 0.5) is 0 Å². The molecule has 0 atom stereocenters. The van der Waals surface area contributed by atoms with Crippen molar-refractivity contribution in [3.63, 3.8) is 0 Å².